The molecule has 0 saturated carbocycles. The van der Waals surface area contributed by atoms with Crippen molar-refractivity contribution in [2.45, 2.75) is 20.4 Å². The highest BCUT2D eigenvalue weighted by Gasteiger charge is 2.08. The van der Waals surface area contributed by atoms with Crippen LogP contribution in [0.4, 0.5) is 4.39 Å². The lowest BCUT2D eigenvalue weighted by atomic mass is 10.1. The second-order valence-corrected chi connectivity index (χ2v) is 4.57. The molecule has 0 aliphatic rings. The van der Waals surface area contributed by atoms with Crippen molar-refractivity contribution in [2.24, 2.45) is 0 Å². The van der Waals surface area contributed by atoms with Gasteiger partial charge in [-0.3, -0.25) is 0 Å². The second kappa shape index (κ2) is 4.42. The average molecular weight is 256 g/mol. The van der Waals surface area contributed by atoms with Gasteiger partial charge < -0.3 is 0 Å². The summed E-state index contributed by atoms with van der Waals surface area (Å²) in [7, 11) is 0. The molecule has 1 aromatic carbocycles. The largest absolute Gasteiger partial charge is 0.243 e. The Morgan fingerprint density at radius 1 is 1.21 bits per heavy atom. The molecule has 0 spiro atoms. The van der Waals surface area contributed by atoms with Crippen molar-refractivity contribution in [3.8, 4) is 0 Å². The SMILES string of the molecule is Cc1ncc2cnn(Cc3cc(F)ccc3C)c2n1. The summed E-state index contributed by atoms with van der Waals surface area (Å²) in [5, 5.41) is 5.18. The molecule has 0 radical (unpaired) electrons. The lowest BCUT2D eigenvalue weighted by Crippen LogP contribution is -2.05. The number of halogens is 1. The van der Waals surface area contributed by atoms with Gasteiger partial charge in [-0.25, -0.2) is 19.0 Å². The molecule has 0 saturated heterocycles. The Labute approximate surface area is 109 Å². The molecule has 3 rings (SSSR count). The molecule has 0 aliphatic heterocycles. The Hall–Kier alpha value is -2.30. The van der Waals surface area contributed by atoms with Crippen molar-refractivity contribution in [2.75, 3.05) is 0 Å². The molecule has 0 bridgehead atoms. The summed E-state index contributed by atoms with van der Waals surface area (Å²) in [6.07, 6.45) is 3.48. The number of aromatic nitrogens is 4. The molecule has 0 aliphatic carbocycles. The highest BCUT2D eigenvalue weighted by molar-refractivity contribution is 5.73. The molecule has 4 nitrogen and oxygen atoms in total. The van der Waals surface area contributed by atoms with Gasteiger partial charge in [0.15, 0.2) is 5.65 Å². The van der Waals surface area contributed by atoms with Crippen LogP contribution >= 0.6 is 0 Å². The number of benzene rings is 1. The van der Waals surface area contributed by atoms with E-state index in [1.54, 1.807) is 23.1 Å². The second-order valence-electron chi connectivity index (χ2n) is 4.57. The fraction of sp³-hybridized carbons (Fsp3) is 0.214. The van der Waals surface area contributed by atoms with E-state index >= 15 is 0 Å². The summed E-state index contributed by atoms with van der Waals surface area (Å²) in [6, 6.07) is 4.78. The van der Waals surface area contributed by atoms with Crippen molar-refractivity contribution in [3.63, 3.8) is 0 Å². The van der Waals surface area contributed by atoms with Gasteiger partial charge in [0.05, 0.1) is 18.1 Å². The highest BCUT2D eigenvalue weighted by atomic mass is 19.1. The van der Waals surface area contributed by atoms with Crippen molar-refractivity contribution in [1.82, 2.24) is 19.7 Å². The number of hydrogen-bond donors (Lipinski definition) is 0. The number of aryl methyl sites for hydroxylation is 2. The first-order valence-corrected chi connectivity index (χ1v) is 6.03. The van der Waals surface area contributed by atoms with E-state index in [2.05, 4.69) is 15.1 Å². The van der Waals surface area contributed by atoms with Gasteiger partial charge in [0.2, 0.25) is 0 Å². The van der Waals surface area contributed by atoms with Crippen LogP contribution in [0.3, 0.4) is 0 Å². The Morgan fingerprint density at radius 3 is 2.89 bits per heavy atom. The maximum absolute atomic E-state index is 13.3. The minimum absolute atomic E-state index is 0.233. The first-order chi connectivity index (χ1) is 9.13. The van der Waals surface area contributed by atoms with Gasteiger partial charge in [-0.05, 0) is 37.1 Å². The molecule has 2 aromatic heterocycles. The first-order valence-electron chi connectivity index (χ1n) is 6.03. The average Bonchev–Trinajstić information content (AvgIpc) is 2.77. The Kier molecular flexibility index (Phi) is 2.74. The molecule has 0 amide bonds. The summed E-state index contributed by atoms with van der Waals surface area (Å²) < 4.78 is 15.1. The van der Waals surface area contributed by atoms with Crippen molar-refractivity contribution < 1.29 is 4.39 Å². The van der Waals surface area contributed by atoms with E-state index in [1.165, 1.54) is 12.1 Å². The monoisotopic (exact) mass is 256 g/mol. The molecular weight excluding hydrogens is 243 g/mol. The van der Waals surface area contributed by atoms with Gasteiger partial charge >= 0.3 is 0 Å². The number of hydrogen-bond acceptors (Lipinski definition) is 3. The highest BCUT2D eigenvalue weighted by Crippen LogP contribution is 2.15. The Bertz CT molecular complexity index is 748. The number of fused-ring (bicyclic) bond motifs is 1. The van der Waals surface area contributed by atoms with Crippen LogP contribution in [0.25, 0.3) is 11.0 Å². The minimum Gasteiger partial charge on any atom is -0.243 e. The molecule has 0 atom stereocenters. The molecule has 2 heterocycles. The number of nitrogens with zero attached hydrogens (tertiary/aromatic N) is 4. The lowest BCUT2D eigenvalue weighted by molar-refractivity contribution is 0.619. The Balaban J connectivity index is 2.05. The minimum atomic E-state index is -0.233. The Morgan fingerprint density at radius 2 is 2.05 bits per heavy atom. The van der Waals surface area contributed by atoms with Crippen molar-refractivity contribution in [1.29, 1.82) is 0 Å². The van der Waals surface area contributed by atoms with Gasteiger partial charge in [-0.15, -0.1) is 0 Å². The standard InChI is InChI=1S/C14H13FN4/c1-9-3-4-13(15)5-11(9)8-19-14-12(7-17-19)6-16-10(2)18-14/h3-7H,8H2,1-2H3. The molecule has 0 unspecified atom stereocenters. The maximum atomic E-state index is 13.3. The van der Waals surface area contributed by atoms with Gasteiger partial charge in [-0.1, -0.05) is 6.07 Å². The van der Waals surface area contributed by atoms with Crippen LogP contribution in [0.15, 0.2) is 30.6 Å². The van der Waals surface area contributed by atoms with Gasteiger partial charge in [-0.2, -0.15) is 5.10 Å². The third-order valence-corrected chi connectivity index (χ3v) is 3.13. The van der Waals surface area contributed by atoms with Crippen LogP contribution < -0.4 is 0 Å². The van der Waals surface area contributed by atoms with E-state index < -0.39 is 0 Å². The van der Waals surface area contributed by atoms with Crippen LogP contribution in [-0.2, 0) is 6.54 Å². The molecule has 19 heavy (non-hydrogen) atoms. The zero-order valence-electron chi connectivity index (χ0n) is 10.8. The fourth-order valence-electron chi connectivity index (χ4n) is 2.04. The molecular formula is C14H13FN4. The van der Waals surface area contributed by atoms with Crippen LogP contribution in [0.5, 0.6) is 0 Å². The van der Waals surface area contributed by atoms with Crippen LogP contribution in [0.2, 0.25) is 0 Å². The maximum Gasteiger partial charge on any atom is 0.161 e. The summed E-state index contributed by atoms with van der Waals surface area (Å²) in [5.74, 6) is 0.466. The fourth-order valence-corrected chi connectivity index (χ4v) is 2.04. The van der Waals surface area contributed by atoms with E-state index in [0.717, 1.165) is 22.2 Å². The zero-order chi connectivity index (χ0) is 13.4. The lowest BCUT2D eigenvalue weighted by Gasteiger charge is -2.07. The summed E-state index contributed by atoms with van der Waals surface area (Å²) in [5.41, 5.74) is 2.72. The van der Waals surface area contributed by atoms with E-state index in [-0.39, 0.29) is 5.82 Å². The third-order valence-electron chi connectivity index (χ3n) is 3.13. The van der Waals surface area contributed by atoms with Gasteiger partial charge in [0, 0.05) is 6.20 Å². The topological polar surface area (TPSA) is 43.6 Å². The smallest absolute Gasteiger partial charge is 0.161 e. The third kappa shape index (κ3) is 2.19. The van der Waals surface area contributed by atoms with E-state index in [1.807, 2.05) is 13.8 Å². The van der Waals surface area contributed by atoms with Crippen LogP contribution in [0.1, 0.15) is 17.0 Å². The summed E-state index contributed by atoms with van der Waals surface area (Å²) in [6.45, 7) is 4.30. The van der Waals surface area contributed by atoms with E-state index in [4.69, 9.17) is 0 Å². The first kappa shape index (κ1) is 11.8. The van der Waals surface area contributed by atoms with E-state index in [9.17, 15) is 4.39 Å². The summed E-state index contributed by atoms with van der Waals surface area (Å²) in [4.78, 5) is 8.51. The van der Waals surface area contributed by atoms with Gasteiger partial charge in [0.25, 0.3) is 0 Å². The van der Waals surface area contributed by atoms with Crippen molar-refractivity contribution >= 4 is 11.0 Å². The predicted molar refractivity (Wildman–Crippen MR) is 70.3 cm³/mol. The molecule has 0 fully saturated rings. The zero-order valence-corrected chi connectivity index (χ0v) is 10.8. The normalized spacial score (nSPS) is 11.1. The van der Waals surface area contributed by atoms with Gasteiger partial charge in [0.1, 0.15) is 11.6 Å². The molecule has 96 valence electrons. The number of rotatable bonds is 2. The van der Waals surface area contributed by atoms with Crippen LogP contribution in [0, 0.1) is 19.7 Å². The predicted octanol–water partition coefficient (Wildman–Crippen LogP) is 2.63. The summed E-state index contributed by atoms with van der Waals surface area (Å²) >= 11 is 0. The molecule has 3 aromatic rings. The van der Waals surface area contributed by atoms with E-state index in [0.29, 0.717) is 12.4 Å². The van der Waals surface area contributed by atoms with Crippen molar-refractivity contribution in [3.05, 3.63) is 53.4 Å². The quantitative estimate of drug-likeness (QED) is 0.708. The van der Waals surface area contributed by atoms with Crippen LogP contribution in [-0.4, -0.2) is 19.7 Å². The molecule has 5 heteroatoms. The molecule has 0 N–H and O–H groups in total.